The number of hydrogen-bond acceptors (Lipinski definition) is 6. The lowest BCUT2D eigenvalue weighted by atomic mass is 10.0. The second-order valence-electron chi connectivity index (χ2n) is 6.51. The van der Waals surface area contributed by atoms with Crippen LogP contribution in [-0.2, 0) is 21.2 Å². The van der Waals surface area contributed by atoms with Gasteiger partial charge in [0.05, 0.1) is 15.5 Å². The van der Waals surface area contributed by atoms with Crippen LogP contribution in [0.15, 0.2) is 50.5 Å². The third-order valence-electron chi connectivity index (χ3n) is 4.39. The minimum atomic E-state index is -3.51. The average Bonchev–Trinajstić information content (AvgIpc) is 2.60. The minimum absolute atomic E-state index is 0.0410. The van der Waals surface area contributed by atoms with E-state index in [2.05, 4.69) is 0 Å². The van der Waals surface area contributed by atoms with E-state index in [0.29, 0.717) is 16.5 Å². The first-order valence-electron chi connectivity index (χ1n) is 8.27. The first kappa shape index (κ1) is 20.1. The van der Waals surface area contributed by atoms with Gasteiger partial charge in [-0.05, 0) is 55.3 Å². The van der Waals surface area contributed by atoms with Crippen molar-refractivity contribution >= 4 is 38.4 Å². The second kappa shape index (κ2) is 7.41. The zero-order valence-electron chi connectivity index (χ0n) is 15.4. The van der Waals surface area contributed by atoms with Gasteiger partial charge in [-0.15, -0.1) is 0 Å². The Labute approximate surface area is 166 Å². The normalized spacial score (nSPS) is 11.6. The Morgan fingerprint density at radius 1 is 1.11 bits per heavy atom. The van der Waals surface area contributed by atoms with Crippen LogP contribution in [0.25, 0.3) is 11.0 Å². The fourth-order valence-corrected chi connectivity index (χ4v) is 3.56. The highest BCUT2D eigenvalue weighted by Gasteiger charge is 2.18. The van der Waals surface area contributed by atoms with Gasteiger partial charge in [-0.1, -0.05) is 11.6 Å². The summed E-state index contributed by atoms with van der Waals surface area (Å²) in [4.78, 5) is 24.2. The van der Waals surface area contributed by atoms with E-state index < -0.39 is 21.4 Å². The number of carbonyl (C=O) groups is 1. The monoisotopic (exact) mass is 420 g/mol. The Kier molecular flexibility index (Phi) is 5.32. The predicted molar refractivity (Wildman–Crippen MR) is 106 cm³/mol. The molecule has 1 heterocycles. The van der Waals surface area contributed by atoms with E-state index in [1.54, 1.807) is 6.07 Å². The van der Waals surface area contributed by atoms with E-state index in [1.807, 2.05) is 19.9 Å². The van der Waals surface area contributed by atoms with Crippen LogP contribution in [0, 0.1) is 13.8 Å². The summed E-state index contributed by atoms with van der Waals surface area (Å²) in [5.74, 6) is -0.791. The van der Waals surface area contributed by atoms with Gasteiger partial charge in [-0.3, -0.25) is 0 Å². The molecule has 0 N–H and O–H groups in total. The molecule has 3 aromatic rings. The molecule has 1 aromatic heterocycles. The SMILES string of the molecule is Cc1cc2oc(=O)cc(COC(=O)c3cc(S(C)(=O)=O)ccc3Cl)c2cc1C. The van der Waals surface area contributed by atoms with Crippen LogP contribution >= 0.6 is 11.6 Å². The Balaban J connectivity index is 1.94. The van der Waals surface area contributed by atoms with Crippen LogP contribution in [0.5, 0.6) is 0 Å². The summed E-state index contributed by atoms with van der Waals surface area (Å²) < 4.78 is 33.9. The third-order valence-corrected chi connectivity index (χ3v) is 5.83. The Morgan fingerprint density at radius 3 is 2.46 bits per heavy atom. The number of benzene rings is 2. The van der Waals surface area contributed by atoms with Gasteiger partial charge in [0.1, 0.15) is 12.2 Å². The number of ether oxygens (including phenoxy) is 1. The van der Waals surface area contributed by atoms with Crippen LogP contribution < -0.4 is 5.63 Å². The van der Waals surface area contributed by atoms with Gasteiger partial charge in [-0.2, -0.15) is 0 Å². The summed E-state index contributed by atoms with van der Waals surface area (Å²) in [6.45, 7) is 3.63. The number of halogens is 1. The molecular weight excluding hydrogens is 404 g/mol. The molecule has 0 radical (unpaired) electrons. The van der Waals surface area contributed by atoms with Crippen LogP contribution in [-0.4, -0.2) is 20.6 Å². The van der Waals surface area contributed by atoms with Gasteiger partial charge < -0.3 is 9.15 Å². The molecule has 28 heavy (non-hydrogen) atoms. The standard InChI is InChI=1S/C20H17ClO6S/c1-11-6-15-13(8-19(22)27-18(15)7-12(11)2)10-26-20(23)16-9-14(28(3,24)25)4-5-17(16)21/h4-9H,10H2,1-3H3. The highest BCUT2D eigenvalue weighted by atomic mass is 35.5. The van der Waals surface area contributed by atoms with Crippen molar-refractivity contribution in [2.45, 2.75) is 25.3 Å². The number of sulfone groups is 1. The summed E-state index contributed by atoms with van der Waals surface area (Å²) in [6.07, 6.45) is 1.03. The molecule has 0 fully saturated rings. The largest absolute Gasteiger partial charge is 0.457 e. The molecule has 0 aliphatic heterocycles. The summed E-state index contributed by atoms with van der Waals surface area (Å²) in [5, 5.41) is 0.729. The van der Waals surface area contributed by atoms with Crippen LogP contribution in [0.3, 0.4) is 0 Å². The van der Waals surface area contributed by atoms with Gasteiger partial charge in [-0.25, -0.2) is 18.0 Å². The highest BCUT2D eigenvalue weighted by Crippen LogP contribution is 2.24. The van der Waals surface area contributed by atoms with E-state index in [4.69, 9.17) is 20.8 Å². The predicted octanol–water partition coefficient (Wildman–Crippen LogP) is 3.82. The highest BCUT2D eigenvalue weighted by molar-refractivity contribution is 7.90. The van der Waals surface area contributed by atoms with Crippen molar-refractivity contribution in [1.29, 1.82) is 0 Å². The summed E-state index contributed by atoms with van der Waals surface area (Å²) in [5.41, 5.74) is 2.23. The topological polar surface area (TPSA) is 90.7 Å². The molecule has 8 heteroatoms. The maximum atomic E-state index is 12.5. The smallest absolute Gasteiger partial charge is 0.340 e. The number of carbonyl (C=O) groups excluding carboxylic acids is 1. The lowest BCUT2D eigenvalue weighted by Crippen LogP contribution is -2.10. The zero-order valence-corrected chi connectivity index (χ0v) is 17.0. The molecule has 3 rings (SSSR count). The lowest BCUT2D eigenvalue weighted by Gasteiger charge is -2.10. The number of aryl methyl sites for hydroxylation is 2. The van der Waals surface area contributed by atoms with Crippen LogP contribution in [0.2, 0.25) is 5.02 Å². The van der Waals surface area contributed by atoms with Gasteiger partial charge in [0.25, 0.3) is 0 Å². The first-order valence-corrected chi connectivity index (χ1v) is 10.5. The molecule has 0 amide bonds. The van der Waals surface area contributed by atoms with Crippen molar-refractivity contribution in [1.82, 2.24) is 0 Å². The van der Waals surface area contributed by atoms with Gasteiger partial charge in [0, 0.05) is 23.3 Å². The molecule has 0 saturated carbocycles. The molecule has 146 valence electrons. The van der Waals surface area contributed by atoms with Gasteiger partial charge in [0.2, 0.25) is 0 Å². The number of fused-ring (bicyclic) bond motifs is 1. The Bertz CT molecular complexity index is 1260. The average molecular weight is 421 g/mol. The van der Waals surface area contributed by atoms with Crippen molar-refractivity contribution in [2.24, 2.45) is 0 Å². The van der Waals surface area contributed by atoms with E-state index in [-0.39, 0.29) is 22.1 Å². The Morgan fingerprint density at radius 2 is 1.79 bits per heavy atom. The van der Waals surface area contributed by atoms with Crippen molar-refractivity contribution in [3.05, 3.63) is 74.1 Å². The van der Waals surface area contributed by atoms with E-state index in [9.17, 15) is 18.0 Å². The molecule has 0 saturated heterocycles. The van der Waals surface area contributed by atoms with Crippen molar-refractivity contribution < 1.29 is 22.4 Å². The molecular formula is C20H17ClO6S. The number of esters is 1. The number of rotatable bonds is 4. The van der Waals surface area contributed by atoms with Crippen LogP contribution in [0.1, 0.15) is 27.0 Å². The van der Waals surface area contributed by atoms with Crippen molar-refractivity contribution in [3.8, 4) is 0 Å². The van der Waals surface area contributed by atoms with Crippen LogP contribution in [0.4, 0.5) is 0 Å². The van der Waals surface area contributed by atoms with Gasteiger partial charge in [0.15, 0.2) is 9.84 Å². The molecule has 0 unspecified atom stereocenters. The molecule has 0 atom stereocenters. The summed E-state index contributed by atoms with van der Waals surface area (Å²) in [6, 6.07) is 8.68. The van der Waals surface area contributed by atoms with E-state index >= 15 is 0 Å². The summed E-state index contributed by atoms with van der Waals surface area (Å²) >= 11 is 6.02. The van der Waals surface area contributed by atoms with E-state index in [0.717, 1.165) is 17.4 Å². The number of hydrogen-bond donors (Lipinski definition) is 0. The Hall–Kier alpha value is -2.64. The fourth-order valence-electron chi connectivity index (χ4n) is 2.71. The van der Waals surface area contributed by atoms with Crippen molar-refractivity contribution in [2.75, 3.05) is 6.26 Å². The molecule has 6 nitrogen and oxygen atoms in total. The first-order chi connectivity index (χ1) is 13.1. The molecule has 0 aliphatic carbocycles. The second-order valence-corrected chi connectivity index (χ2v) is 8.94. The lowest BCUT2D eigenvalue weighted by molar-refractivity contribution is 0.0473. The quantitative estimate of drug-likeness (QED) is 0.470. The maximum Gasteiger partial charge on any atom is 0.340 e. The summed E-state index contributed by atoms with van der Waals surface area (Å²) in [7, 11) is -3.51. The maximum absolute atomic E-state index is 12.5. The molecule has 0 bridgehead atoms. The third kappa shape index (κ3) is 4.10. The minimum Gasteiger partial charge on any atom is -0.457 e. The van der Waals surface area contributed by atoms with Gasteiger partial charge >= 0.3 is 11.6 Å². The zero-order chi connectivity index (χ0) is 20.6. The van der Waals surface area contributed by atoms with E-state index in [1.165, 1.54) is 24.3 Å². The molecule has 0 spiro atoms. The fraction of sp³-hybridized carbons (Fsp3) is 0.200. The molecule has 2 aromatic carbocycles. The molecule has 0 aliphatic rings. The van der Waals surface area contributed by atoms with Crippen molar-refractivity contribution in [3.63, 3.8) is 0 Å².